The van der Waals surface area contributed by atoms with Crippen LogP contribution in [0.1, 0.15) is 91.5 Å². The fourth-order valence-corrected chi connectivity index (χ4v) is 3.12. The van der Waals surface area contributed by atoms with Gasteiger partial charge in [0.05, 0.1) is 0 Å². The molecule has 0 atom stereocenters. The summed E-state index contributed by atoms with van der Waals surface area (Å²) in [5, 5.41) is 0. The molecule has 2 aromatic carbocycles. The van der Waals surface area contributed by atoms with E-state index in [-0.39, 0.29) is 0 Å². The molecule has 0 unspecified atom stereocenters. The summed E-state index contributed by atoms with van der Waals surface area (Å²) < 4.78 is 0. The maximum absolute atomic E-state index is 4.89. The SMILES string of the molecule is CC(C)Cc1c[cH-]c(C(C)(C)C)c1.CC(C)Cc1c[cH-]c(C(C)(C)C)c1.C[SiH]C.[Cl][Ti][Cl]. The van der Waals surface area contributed by atoms with Crippen LogP contribution in [0.15, 0.2) is 36.4 Å². The van der Waals surface area contributed by atoms with Gasteiger partial charge in [0.2, 0.25) is 0 Å². The van der Waals surface area contributed by atoms with Crippen molar-refractivity contribution in [3.8, 4) is 0 Å². The van der Waals surface area contributed by atoms with Crippen molar-refractivity contribution in [1.29, 1.82) is 0 Å². The van der Waals surface area contributed by atoms with E-state index in [0.29, 0.717) is 10.8 Å². The molecule has 32 heavy (non-hydrogen) atoms. The predicted molar refractivity (Wildman–Crippen MR) is 149 cm³/mol. The van der Waals surface area contributed by atoms with E-state index >= 15 is 0 Å². The van der Waals surface area contributed by atoms with E-state index < -0.39 is 17.0 Å². The van der Waals surface area contributed by atoms with Crippen LogP contribution in [0, 0.1) is 11.8 Å². The average Bonchev–Trinajstić information content (AvgIpc) is 3.24. The van der Waals surface area contributed by atoms with Gasteiger partial charge < -0.3 is 0 Å². The Labute approximate surface area is 220 Å². The number of hydrogen-bond acceptors (Lipinski definition) is 0. The van der Waals surface area contributed by atoms with E-state index in [2.05, 4.69) is 119 Å². The first-order chi connectivity index (χ1) is 14.6. The van der Waals surface area contributed by atoms with Crippen LogP contribution in [-0.2, 0) is 40.7 Å². The van der Waals surface area contributed by atoms with Crippen molar-refractivity contribution in [2.45, 2.75) is 106 Å². The van der Waals surface area contributed by atoms with Crippen LogP contribution in [0.5, 0.6) is 0 Å². The van der Waals surface area contributed by atoms with Crippen LogP contribution in [-0.4, -0.2) is 9.52 Å². The summed E-state index contributed by atoms with van der Waals surface area (Å²) in [6.45, 7) is 27.1. The van der Waals surface area contributed by atoms with Gasteiger partial charge in [0.1, 0.15) is 0 Å². The van der Waals surface area contributed by atoms with Crippen molar-refractivity contribution in [3.63, 3.8) is 0 Å². The predicted octanol–water partition coefficient (Wildman–Crippen LogP) is 9.70. The Morgan fingerprint density at radius 2 is 1.00 bits per heavy atom. The Balaban J connectivity index is 0. The van der Waals surface area contributed by atoms with Crippen LogP contribution in [0.25, 0.3) is 0 Å². The van der Waals surface area contributed by atoms with Gasteiger partial charge in [-0.1, -0.05) is 107 Å². The Kier molecular flexibility index (Phi) is 18.9. The van der Waals surface area contributed by atoms with E-state index in [1.165, 1.54) is 35.1 Å². The molecule has 4 heteroatoms. The van der Waals surface area contributed by atoms with Crippen molar-refractivity contribution in [2.75, 3.05) is 0 Å². The van der Waals surface area contributed by atoms with Crippen molar-refractivity contribution < 1.29 is 17.0 Å². The first-order valence-electron chi connectivity index (χ1n) is 11.8. The third kappa shape index (κ3) is 17.7. The molecule has 0 bridgehead atoms. The van der Waals surface area contributed by atoms with E-state index in [1.807, 2.05) is 0 Å². The zero-order valence-corrected chi connectivity index (χ0v) is 27.1. The monoisotopic (exact) mass is 531 g/mol. The molecular formula is C28H49Cl2SiTi-2. The molecule has 185 valence electrons. The summed E-state index contributed by atoms with van der Waals surface area (Å²) in [4.78, 5) is 0. The molecule has 0 fully saturated rings. The third-order valence-electron chi connectivity index (χ3n) is 4.66. The molecule has 0 saturated heterocycles. The summed E-state index contributed by atoms with van der Waals surface area (Å²) in [5.41, 5.74) is 6.50. The van der Waals surface area contributed by atoms with Gasteiger partial charge in [-0.3, -0.25) is 0 Å². The molecule has 0 amide bonds. The van der Waals surface area contributed by atoms with Gasteiger partial charge in [0.15, 0.2) is 0 Å². The zero-order chi connectivity index (χ0) is 25.5. The topological polar surface area (TPSA) is 0 Å². The van der Waals surface area contributed by atoms with Gasteiger partial charge >= 0.3 is 35.6 Å². The molecule has 2 aromatic rings. The molecule has 0 heterocycles. The standard InChI is InChI=1S/2C13H21.C2H7Si.2ClH.Ti/c2*1-10(2)8-11-6-7-12(9-11)13(3,4)5;1-3-2;;;/h2*6-7,9-10H,8H2,1-5H3;3H,1-2H3;2*1H;/q2*-1;;;;+2/p-2. The fourth-order valence-electron chi connectivity index (χ4n) is 3.12. The molecule has 0 nitrogen and oxygen atoms in total. The summed E-state index contributed by atoms with van der Waals surface area (Å²) in [5.74, 6) is 1.52. The van der Waals surface area contributed by atoms with Crippen molar-refractivity contribution in [2.24, 2.45) is 11.8 Å². The summed E-state index contributed by atoms with van der Waals surface area (Å²) in [6.07, 6.45) is 2.41. The average molecular weight is 533 g/mol. The molecule has 0 N–H and O–H groups in total. The first kappa shape index (κ1) is 34.4. The molecule has 0 spiro atoms. The van der Waals surface area contributed by atoms with Gasteiger partial charge in [-0.15, -0.1) is 0 Å². The molecular weight excluding hydrogens is 483 g/mol. The van der Waals surface area contributed by atoms with Gasteiger partial charge in [-0.2, -0.15) is 46.5 Å². The van der Waals surface area contributed by atoms with E-state index in [1.54, 1.807) is 0 Å². The molecule has 1 radical (unpaired) electrons. The minimum absolute atomic E-state index is 0.301. The Morgan fingerprint density at radius 1 is 0.750 bits per heavy atom. The summed E-state index contributed by atoms with van der Waals surface area (Å²) in [6, 6.07) is 13.7. The summed E-state index contributed by atoms with van der Waals surface area (Å²) >= 11 is -0.556. The Hall–Kier alpha value is 0.211. The fraction of sp³-hybridized carbons (Fsp3) is 0.643. The van der Waals surface area contributed by atoms with Gasteiger partial charge in [-0.25, -0.2) is 12.1 Å². The van der Waals surface area contributed by atoms with Gasteiger partial charge in [-0.05, 0) is 10.8 Å². The number of rotatable bonds is 4. The number of hydrogen-bond donors (Lipinski definition) is 0. The van der Waals surface area contributed by atoms with Crippen molar-refractivity contribution >= 4 is 28.1 Å². The Bertz CT molecular complexity index is 625. The van der Waals surface area contributed by atoms with Crippen LogP contribution >= 0.6 is 18.6 Å². The van der Waals surface area contributed by atoms with Crippen LogP contribution < -0.4 is 0 Å². The first-order valence-corrected chi connectivity index (χ1v) is 18.4. The van der Waals surface area contributed by atoms with Crippen molar-refractivity contribution in [1.82, 2.24) is 0 Å². The second-order valence-corrected chi connectivity index (χ2v) is 15.1. The van der Waals surface area contributed by atoms with Gasteiger partial charge in [0.25, 0.3) is 0 Å². The maximum atomic E-state index is 4.89. The molecule has 0 aliphatic carbocycles. The minimum atomic E-state index is -0.556. The summed E-state index contributed by atoms with van der Waals surface area (Å²) in [7, 11) is 10.5. The van der Waals surface area contributed by atoms with Crippen LogP contribution in [0.3, 0.4) is 0 Å². The second-order valence-electron chi connectivity index (χ2n) is 11.4. The van der Waals surface area contributed by atoms with Crippen LogP contribution in [0.2, 0.25) is 13.1 Å². The van der Waals surface area contributed by atoms with Crippen molar-refractivity contribution in [3.05, 3.63) is 58.7 Å². The van der Waals surface area contributed by atoms with E-state index in [0.717, 1.165) is 21.4 Å². The molecule has 0 aliphatic heterocycles. The molecule has 0 aliphatic rings. The third-order valence-corrected chi connectivity index (χ3v) is 4.66. The second kappa shape index (κ2) is 17.6. The number of halogens is 2. The zero-order valence-electron chi connectivity index (χ0n) is 22.9. The van der Waals surface area contributed by atoms with E-state index in [4.69, 9.17) is 18.6 Å². The molecule has 0 aromatic heterocycles. The van der Waals surface area contributed by atoms with Crippen LogP contribution in [0.4, 0.5) is 0 Å². The molecule has 2 rings (SSSR count). The Morgan fingerprint density at radius 3 is 1.16 bits per heavy atom. The quantitative estimate of drug-likeness (QED) is 0.272. The van der Waals surface area contributed by atoms with E-state index in [9.17, 15) is 0 Å². The van der Waals surface area contributed by atoms with Gasteiger partial charge in [0, 0.05) is 9.52 Å². The molecule has 0 saturated carbocycles. The normalized spacial score (nSPS) is 11.1.